The molecule has 1 aromatic rings. The molecular formula is C10H8Cl2N2O. The Morgan fingerprint density at radius 1 is 1.53 bits per heavy atom. The molecule has 0 aliphatic heterocycles. The number of amides is 1. The summed E-state index contributed by atoms with van der Waals surface area (Å²) in [7, 11) is 0. The number of carbonyl (C=O) groups excluding carboxylic acids is 1. The van der Waals surface area contributed by atoms with Gasteiger partial charge in [-0.3, -0.25) is 4.79 Å². The van der Waals surface area contributed by atoms with Gasteiger partial charge in [-0.15, -0.1) is 6.42 Å². The number of nitrogens with zero attached hydrogens (tertiary/aromatic N) is 1. The van der Waals surface area contributed by atoms with Crippen LogP contribution in [0.3, 0.4) is 0 Å². The summed E-state index contributed by atoms with van der Waals surface area (Å²) in [6.07, 6.45) is 5.13. The van der Waals surface area contributed by atoms with Crippen LogP contribution in [-0.4, -0.2) is 16.9 Å². The minimum absolute atomic E-state index is 0.168. The highest BCUT2D eigenvalue weighted by Gasteiger charge is 2.10. The second-order valence-electron chi connectivity index (χ2n) is 2.86. The van der Waals surface area contributed by atoms with Gasteiger partial charge < -0.3 is 5.32 Å². The number of nitrogens with one attached hydrogen (secondary N) is 1. The highest BCUT2D eigenvalue weighted by atomic mass is 35.5. The lowest BCUT2D eigenvalue weighted by Crippen LogP contribution is -2.31. The van der Waals surface area contributed by atoms with Crippen molar-refractivity contribution in [3.63, 3.8) is 0 Å². The van der Waals surface area contributed by atoms with E-state index in [4.69, 9.17) is 29.6 Å². The SMILES string of the molecule is C#CC(C)NC(=O)c1cc(Cl)nc(Cl)c1. The summed E-state index contributed by atoms with van der Waals surface area (Å²) < 4.78 is 0. The number of terminal acetylenes is 1. The van der Waals surface area contributed by atoms with Gasteiger partial charge in [0.05, 0.1) is 6.04 Å². The quantitative estimate of drug-likeness (QED) is 0.638. The maximum atomic E-state index is 11.6. The monoisotopic (exact) mass is 242 g/mol. The number of carbonyl (C=O) groups is 1. The van der Waals surface area contributed by atoms with E-state index < -0.39 is 0 Å². The van der Waals surface area contributed by atoms with Gasteiger partial charge in [-0.05, 0) is 19.1 Å². The fourth-order valence-electron chi connectivity index (χ4n) is 0.918. The van der Waals surface area contributed by atoms with E-state index in [1.807, 2.05) is 0 Å². The van der Waals surface area contributed by atoms with Crippen molar-refractivity contribution >= 4 is 29.1 Å². The molecule has 1 N–H and O–H groups in total. The van der Waals surface area contributed by atoms with E-state index in [-0.39, 0.29) is 22.3 Å². The first-order valence-electron chi connectivity index (χ1n) is 4.13. The standard InChI is InChI=1S/C10H8Cl2N2O/c1-3-6(2)13-10(15)7-4-8(11)14-9(12)5-7/h1,4-6H,2H3,(H,13,15). The Hall–Kier alpha value is -1.24. The first kappa shape index (κ1) is 11.8. The van der Waals surface area contributed by atoms with E-state index in [0.717, 1.165) is 0 Å². The summed E-state index contributed by atoms with van der Waals surface area (Å²) in [5.74, 6) is 2.05. The molecule has 3 nitrogen and oxygen atoms in total. The maximum absolute atomic E-state index is 11.6. The molecule has 0 spiro atoms. The number of pyridine rings is 1. The summed E-state index contributed by atoms with van der Waals surface area (Å²) in [4.78, 5) is 15.3. The van der Waals surface area contributed by atoms with Crippen molar-refractivity contribution in [1.29, 1.82) is 0 Å². The zero-order chi connectivity index (χ0) is 11.4. The Kier molecular flexibility index (Phi) is 3.96. The number of rotatable bonds is 2. The summed E-state index contributed by atoms with van der Waals surface area (Å²) in [6, 6.07) is 2.50. The van der Waals surface area contributed by atoms with Gasteiger partial charge in [0, 0.05) is 5.56 Å². The van der Waals surface area contributed by atoms with Crippen LogP contribution in [0.15, 0.2) is 12.1 Å². The van der Waals surface area contributed by atoms with Crippen molar-refractivity contribution in [3.8, 4) is 12.3 Å². The highest BCUT2D eigenvalue weighted by Crippen LogP contribution is 2.14. The molecule has 0 aliphatic rings. The van der Waals surface area contributed by atoms with Crippen LogP contribution in [-0.2, 0) is 0 Å². The van der Waals surface area contributed by atoms with Crippen LogP contribution >= 0.6 is 23.2 Å². The van der Waals surface area contributed by atoms with Crippen LogP contribution in [0.4, 0.5) is 0 Å². The minimum atomic E-state index is -0.344. The summed E-state index contributed by atoms with van der Waals surface area (Å²) in [6.45, 7) is 1.70. The van der Waals surface area contributed by atoms with E-state index in [0.29, 0.717) is 5.56 Å². The van der Waals surface area contributed by atoms with Gasteiger partial charge in [0.1, 0.15) is 10.3 Å². The zero-order valence-electron chi connectivity index (χ0n) is 7.92. The summed E-state index contributed by atoms with van der Waals surface area (Å²) >= 11 is 11.3. The van der Waals surface area contributed by atoms with Crippen molar-refractivity contribution in [2.45, 2.75) is 13.0 Å². The molecule has 1 atom stereocenters. The third kappa shape index (κ3) is 3.43. The zero-order valence-corrected chi connectivity index (χ0v) is 9.43. The lowest BCUT2D eigenvalue weighted by molar-refractivity contribution is 0.0948. The Bertz CT molecular complexity index is 406. The normalized spacial score (nSPS) is 11.6. The molecule has 0 aromatic carbocycles. The van der Waals surface area contributed by atoms with E-state index in [1.54, 1.807) is 6.92 Å². The van der Waals surface area contributed by atoms with Crippen molar-refractivity contribution < 1.29 is 4.79 Å². The largest absolute Gasteiger partial charge is 0.339 e. The molecule has 1 rings (SSSR count). The highest BCUT2D eigenvalue weighted by molar-refractivity contribution is 6.33. The van der Waals surface area contributed by atoms with Crippen molar-refractivity contribution in [2.24, 2.45) is 0 Å². The molecule has 5 heteroatoms. The molecule has 0 saturated carbocycles. The lowest BCUT2D eigenvalue weighted by Gasteiger charge is -2.07. The maximum Gasteiger partial charge on any atom is 0.252 e. The molecule has 1 unspecified atom stereocenters. The van der Waals surface area contributed by atoms with Gasteiger partial charge in [-0.1, -0.05) is 29.1 Å². The molecule has 1 amide bonds. The molecule has 1 heterocycles. The first-order valence-corrected chi connectivity index (χ1v) is 4.88. The molecule has 78 valence electrons. The predicted molar refractivity (Wildman–Crippen MR) is 60.0 cm³/mol. The van der Waals surface area contributed by atoms with Gasteiger partial charge in [0.15, 0.2) is 0 Å². The first-order chi connectivity index (χ1) is 7.02. The van der Waals surface area contributed by atoms with Crippen LogP contribution in [0.1, 0.15) is 17.3 Å². The molecular weight excluding hydrogens is 235 g/mol. The van der Waals surface area contributed by atoms with Crippen LogP contribution in [0.25, 0.3) is 0 Å². The molecule has 0 aliphatic carbocycles. The van der Waals surface area contributed by atoms with Gasteiger partial charge in [-0.2, -0.15) is 0 Å². The third-order valence-electron chi connectivity index (χ3n) is 1.62. The van der Waals surface area contributed by atoms with Crippen molar-refractivity contribution in [2.75, 3.05) is 0 Å². The van der Waals surface area contributed by atoms with Gasteiger partial charge >= 0.3 is 0 Å². The van der Waals surface area contributed by atoms with Crippen LogP contribution in [0.2, 0.25) is 10.3 Å². The molecule has 1 aromatic heterocycles. The molecule has 0 saturated heterocycles. The fraction of sp³-hybridized carbons (Fsp3) is 0.200. The second-order valence-corrected chi connectivity index (χ2v) is 3.64. The molecule has 0 fully saturated rings. The summed E-state index contributed by atoms with van der Waals surface area (Å²) in [5.41, 5.74) is 0.335. The average molecular weight is 243 g/mol. The average Bonchev–Trinajstić information content (AvgIpc) is 2.16. The van der Waals surface area contributed by atoms with Crippen molar-refractivity contribution in [1.82, 2.24) is 10.3 Å². The molecule has 15 heavy (non-hydrogen) atoms. The van der Waals surface area contributed by atoms with E-state index in [1.165, 1.54) is 12.1 Å². The Morgan fingerprint density at radius 2 is 2.07 bits per heavy atom. The Labute approximate surface area is 97.8 Å². The van der Waals surface area contributed by atoms with Gasteiger partial charge in [0.2, 0.25) is 0 Å². The fourth-order valence-corrected chi connectivity index (χ4v) is 1.38. The van der Waals surface area contributed by atoms with Crippen molar-refractivity contribution in [3.05, 3.63) is 28.0 Å². The topological polar surface area (TPSA) is 42.0 Å². The minimum Gasteiger partial charge on any atom is -0.339 e. The van der Waals surface area contributed by atoms with E-state index >= 15 is 0 Å². The second kappa shape index (κ2) is 5.01. The number of hydrogen-bond donors (Lipinski definition) is 1. The van der Waals surface area contributed by atoms with Gasteiger partial charge in [0.25, 0.3) is 5.91 Å². The van der Waals surface area contributed by atoms with E-state index in [9.17, 15) is 4.79 Å². The van der Waals surface area contributed by atoms with Crippen LogP contribution in [0, 0.1) is 12.3 Å². The van der Waals surface area contributed by atoms with Gasteiger partial charge in [-0.25, -0.2) is 4.98 Å². The van der Waals surface area contributed by atoms with Crippen LogP contribution in [0.5, 0.6) is 0 Å². The predicted octanol–water partition coefficient (Wildman–Crippen LogP) is 2.14. The Balaban J connectivity index is 2.88. The smallest absolute Gasteiger partial charge is 0.252 e. The lowest BCUT2D eigenvalue weighted by atomic mass is 10.2. The number of aromatic nitrogens is 1. The third-order valence-corrected chi connectivity index (χ3v) is 2.01. The van der Waals surface area contributed by atoms with Crippen LogP contribution < -0.4 is 5.32 Å². The molecule has 0 radical (unpaired) electrons. The van der Waals surface area contributed by atoms with E-state index in [2.05, 4.69) is 16.2 Å². The Morgan fingerprint density at radius 3 is 2.53 bits per heavy atom. The number of hydrogen-bond acceptors (Lipinski definition) is 2. The number of halogens is 2. The summed E-state index contributed by atoms with van der Waals surface area (Å²) in [5, 5.41) is 2.92. The molecule has 0 bridgehead atoms.